The van der Waals surface area contributed by atoms with Gasteiger partial charge in [0.05, 0.1) is 5.60 Å². The van der Waals surface area contributed by atoms with Gasteiger partial charge in [-0.15, -0.1) is 0 Å². The monoisotopic (exact) mass is 354 g/mol. The van der Waals surface area contributed by atoms with Crippen LogP contribution in [0.15, 0.2) is 12.3 Å². The van der Waals surface area contributed by atoms with Crippen molar-refractivity contribution in [2.24, 2.45) is 0 Å². The molecule has 9 heteroatoms. The van der Waals surface area contributed by atoms with Crippen LogP contribution in [0.5, 0.6) is 0 Å². The molecule has 0 spiro atoms. The van der Waals surface area contributed by atoms with Crippen molar-refractivity contribution >= 4 is 28.6 Å². The van der Waals surface area contributed by atoms with E-state index in [1.807, 2.05) is 20.8 Å². The van der Waals surface area contributed by atoms with E-state index in [4.69, 9.17) is 21.1 Å². The first-order valence-electron chi connectivity index (χ1n) is 7.56. The lowest BCUT2D eigenvalue weighted by atomic mass is 10.2. The molecule has 8 nitrogen and oxygen atoms in total. The van der Waals surface area contributed by atoms with E-state index in [0.717, 1.165) is 0 Å². The Morgan fingerprint density at radius 1 is 1.54 bits per heavy atom. The molecule has 2 aromatic rings. The fourth-order valence-corrected chi connectivity index (χ4v) is 2.55. The summed E-state index contributed by atoms with van der Waals surface area (Å²) in [5.41, 5.74) is 0.359. The van der Waals surface area contributed by atoms with Gasteiger partial charge in [-0.05, 0) is 38.4 Å². The lowest BCUT2D eigenvalue weighted by molar-refractivity contribution is -0.0571. The quantitative estimate of drug-likeness (QED) is 0.603. The van der Waals surface area contributed by atoms with E-state index in [9.17, 15) is 9.90 Å². The molecule has 3 heterocycles. The number of carboxylic acids is 1. The Morgan fingerprint density at radius 3 is 2.96 bits per heavy atom. The number of nitrogens with one attached hydrogen (secondary N) is 1. The van der Waals surface area contributed by atoms with Gasteiger partial charge in [-0.1, -0.05) is 0 Å². The van der Waals surface area contributed by atoms with E-state index in [0.29, 0.717) is 24.1 Å². The number of fused-ring (bicyclic) bond motifs is 1. The first kappa shape index (κ1) is 17.1. The average molecular weight is 355 g/mol. The Balaban J connectivity index is 1.66. The van der Waals surface area contributed by atoms with E-state index in [-0.39, 0.29) is 29.1 Å². The maximum Gasteiger partial charge on any atom is 0.352 e. The lowest BCUT2D eigenvalue weighted by Crippen LogP contribution is -2.29. The highest BCUT2D eigenvalue weighted by Crippen LogP contribution is 2.26. The fraction of sp³-hybridized carbons (Fsp3) is 0.533. The van der Waals surface area contributed by atoms with E-state index >= 15 is 0 Å². The van der Waals surface area contributed by atoms with Crippen molar-refractivity contribution in [3.05, 3.63) is 23.2 Å². The second kappa shape index (κ2) is 6.29. The maximum absolute atomic E-state index is 11.4. The van der Waals surface area contributed by atoms with Crippen LogP contribution in [0, 0.1) is 0 Å². The molecule has 0 amide bonds. The molecule has 0 saturated carbocycles. The summed E-state index contributed by atoms with van der Waals surface area (Å²) < 4.78 is 12.7. The molecule has 0 bridgehead atoms. The average Bonchev–Trinajstić information content (AvgIpc) is 3.06. The molecule has 1 fully saturated rings. The first-order chi connectivity index (χ1) is 11.2. The Morgan fingerprint density at radius 2 is 2.29 bits per heavy atom. The Hall–Kier alpha value is -1.74. The Kier molecular flexibility index (Phi) is 4.48. The molecule has 0 aliphatic carbocycles. The molecule has 1 aliphatic heterocycles. The molecule has 2 N–H and O–H groups in total. The van der Waals surface area contributed by atoms with Crippen molar-refractivity contribution in [2.75, 3.05) is 6.54 Å². The predicted octanol–water partition coefficient (Wildman–Crippen LogP) is 1.87. The molecule has 0 radical (unpaired) electrons. The van der Waals surface area contributed by atoms with E-state index < -0.39 is 5.97 Å². The number of rotatable bonds is 6. The molecule has 2 aromatic heterocycles. The zero-order valence-corrected chi connectivity index (χ0v) is 14.4. The Bertz CT molecular complexity index is 771. The zero-order chi connectivity index (χ0) is 17.5. The molecule has 1 aliphatic rings. The van der Waals surface area contributed by atoms with E-state index in [1.165, 1.54) is 12.3 Å². The Labute approximate surface area is 143 Å². The molecular weight excluding hydrogens is 336 g/mol. The minimum atomic E-state index is -1.03. The zero-order valence-electron chi connectivity index (χ0n) is 13.6. The number of aromatic nitrogens is 3. The van der Waals surface area contributed by atoms with Gasteiger partial charge in [0.1, 0.15) is 11.3 Å². The molecule has 24 heavy (non-hydrogen) atoms. The van der Waals surface area contributed by atoms with E-state index in [2.05, 4.69) is 15.3 Å². The van der Waals surface area contributed by atoms with Gasteiger partial charge in [0.15, 0.2) is 12.5 Å². The third-order valence-electron chi connectivity index (χ3n) is 3.43. The molecule has 2 atom stereocenters. The van der Waals surface area contributed by atoms with Crippen LogP contribution in [0.1, 0.15) is 31.3 Å². The van der Waals surface area contributed by atoms with Gasteiger partial charge in [0, 0.05) is 24.7 Å². The standard InChI is InChI=1S/C15H19ClN4O4/c1-15(2,3)24-13-11(23-13)17-4-5-20-9(12(21)22)6-8-7-18-14(16)19-10(8)20/h6-7,11,13,17H,4-5H2,1-3H3,(H,21,22). The van der Waals surface area contributed by atoms with Crippen LogP contribution in [0.25, 0.3) is 11.0 Å². The van der Waals surface area contributed by atoms with Gasteiger partial charge in [0.25, 0.3) is 0 Å². The molecule has 1 saturated heterocycles. The third-order valence-corrected chi connectivity index (χ3v) is 3.61. The molecule has 130 valence electrons. The first-order valence-corrected chi connectivity index (χ1v) is 7.94. The van der Waals surface area contributed by atoms with Crippen molar-refractivity contribution in [2.45, 2.75) is 45.4 Å². The number of nitrogens with zero attached hydrogens (tertiary/aromatic N) is 3. The van der Waals surface area contributed by atoms with Crippen LogP contribution in [0.3, 0.4) is 0 Å². The van der Waals surface area contributed by atoms with Gasteiger partial charge in [-0.2, -0.15) is 4.98 Å². The minimum Gasteiger partial charge on any atom is -0.477 e. The van der Waals surface area contributed by atoms with Crippen LogP contribution in [-0.2, 0) is 16.0 Å². The number of ether oxygens (including phenoxy) is 2. The predicted molar refractivity (Wildman–Crippen MR) is 87.0 cm³/mol. The third kappa shape index (κ3) is 3.84. The summed E-state index contributed by atoms with van der Waals surface area (Å²) in [6.45, 7) is 6.78. The lowest BCUT2D eigenvalue weighted by Gasteiger charge is -2.17. The van der Waals surface area contributed by atoms with Gasteiger partial charge >= 0.3 is 5.97 Å². The maximum atomic E-state index is 11.4. The highest BCUT2D eigenvalue weighted by atomic mass is 35.5. The smallest absolute Gasteiger partial charge is 0.352 e. The molecule has 0 aromatic carbocycles. The molecule has 2 unspecified atom stereocenters. The van der Waals surface area contributed by atoms with Crippen LogP contribution < -0.4 is 5.32 Å². The summed E-state index contributed by atoms with van der Waals surface area (Å²) in [5.74, 6) is -1.03. The van der Waals surface area contributed by atoms with Gasteiger partial charge in [-0.25, -0.2) is 9.78 Å². The van der Waals surface area contributed by atoms with Crippen molar-refractivity contribution in [1.82, 2.24) is 19.9 Å². The van der Waals surface area contributed by atoms with Crippen LogP contribution in [0.2, 0.25) is 5.28 Å². The van der Waals surface area contributed by atoms with Crippen LogP contribution >= 0.6 is 11.6 Å². The highest BCUT2D eigenvalue weighted by molar-refractivity contribution is 6.28. The van der Waals surface area contributed by atoms with Gasteiger partial charge in [0.2, 0.25) is 5.28 Å². The molecule has 3 rings (SSSR count). The summed E-state index contributed by atoms with van der Waals surface area (Å²) in [7, 11) is 0. The number of carbonyl (C=O) groups is 1. The van der Waals surface area contributed by atoms with Crippen molar-refractivity contribution in [3.8, 4) is 0 Å². The normalized spacial score (nSPS) is 20.5. The SMILES string of the molecule is CC(C)(C)OC1OC1NCCn1c(C(=O)O)cc2cnc(Cl)nc21. The summed E-state index contributed by atoms with van der Waals surface area (Å²) in [4.78, 5) is 19.4. The largest absolute Gasteiger partial charge is 0.477 e. The second-order valence-electron chi connectivity index (χ2n) is 6.51. The summed E-state index contributed by atoms with van der Waals surface area (Å²) >= 11 is 5.82. The van der Waals surface area contributed by atoms with Crippen molar-refractivity contribution in [1.29, 1.82) is 0 Å². The number of halogens is 1. The fourth-order valence-electron chi connectivity index (χ4n) is 2.42. The number of epoxide rings is 1. The number of aromatic carboxylic acids is 1. The van der Waals surface area contributed by atoms with Crippen molar-refractivity contribution in [3.63, 3.8) is 0 Å². The van der Waals surface area contributed by atoms with Crippen LogP contribution in [0.4, 0.5) is 0 Å². The number of carboxylic acid groups (broad SMARTS) is 1. The highest BCUT2D eigenvalue weighted by Gasteiger charge is 2.42. The van der Waals surface area contributed by atoms with E-state index in [1.54, 1.807) is 4.57 Å². The molecular formula is C15H19ClN4O4. The second-order valence-corrected chi connectivity index (χ2v) is 6.85. The summed E-state index contributed by atoms with van der Waals surface area (Å²) in [5, 5.41) is 13.2. The minimum absolute atomic E-state index is 0.0796. The number of hydrogen-bond donors (Lipinski definition) is 2. The topological polar surface area (TPSA) is 102 Å². The summed E-state index contributed by atoms with van der Waals surface area (Å²) in [6.07, 6.45) is 1.05. The van der Waals surface area contributed by atoms with Crippen LogP contribution in [-0.4, -0.2) is 50.3 Å². The van der Waals surface area contributed by atoms with Crippen molar-refractivity contribution < 1.29 is 19.4 Å². The van der Waals surface area contributed by atoms with Gasteiger partial charge in [-0.3, -0.25) is 5.32 Å². The summed E-state index contributed by atoms with van der Waals surface area (Å²) in [6, 6.07) is 1.53. The van der Waals surface area contributed by atoms with Gasteiger partial charge < -0.3 is 19.1 Å². The number of hydrogen-bond acceptors (Lipinski definition) is 6.